The van der Waals surface area contributed by atoms with E-state index in [1.807, 2.05) is 54.6 Å². The quantitative estimate of drug-likeness (QED) is 0.341. The van der Waals surface area contributed by atoms with Gasteiger partial charge in [-0.05, 0) is 48.5 Å². The fourth-order valence-electron chi connectivity index (χ4n) is 4.39. The van der Waals surface area contributed by atoms with E-state index in [0.717, 1.165) is 89.2 Å². The van der Waals surface area contributed by atoms with Crippen LogP contribution in [0.3, 0.4) is 0 Å². The molecule has 0 saturated carbocycles. The molecular weight excluding hydrogens is 452 g/mol. The monoisotopic (exact) mass is 480 g/mol. The molecule has 6 rings (SSSR count). The summed E-state index contributed by atoms with van der Waals surface area (Å²) >= 11 is 0. The van der Waals surface area contributed by atoms with Crippen LogP contribution in [0.2, 0.25) is 0 Å². The van der Waals surface area contributed by atoms with Crippen molar-refractivity contribution >= 4 is 22.6 Å². The fourth-order valence-corrected chi connectivity index (χ4v) is 4.39. The lowest BCUT2D eigenvalue weighted by Gasteiger charge is -2.10. The largest absolute Gasteiger partial charge is 0.493 e. The summed E-state index contributed by atoms with van der Waals surface area (Å²) < 4.78 is 18.0. The number of hydrogen-bond donors (Lipinski definition) is 2. The van der Waals surface area contributed by atoms with Gasteiger partial charge in [0.25, 0.3) is 0 Å². The van der Waals surface area contributed by atoms with Crippen LogP contribution < -0.4 is 20.1 Å². The summed E-state index contributed by atoms with van der Waals surface area (Å²) in [5, 5.41) is 7.67. The van der Waals surface area contributed by atoms with Gasteiger partial charge in [0.2, 0.25) is 0 Å². The molecule has 4 aromatic rings. The van der Waals surface area contributed by atoms with Gasteiger partial charge in [0.1, 0.15) is 34.5 Å². The first-order chi connectivity index (χ1) is 17.8. The van der Waals surface area contributed by atoms with Crippen LogP contribution in [-0.4, -0.2) is 51.1 Å². The van der Waals surface area contributed by atoms with E-state index in [1.165, 1.54) is 0 Å². The van der Waals surface area contributed by atoms with Gasteiger partial charge >= 0.3 is 0 Å². The van der Waals surface area contributed by atoms with Crippen LogP contribution in [0.1, 0.15) is 17.5 Å². The van der Waals surface area contributed by atoms with Crippen LogP contribution in [0, 0.1) is 0 Å². The molecule has 3 heterocycles. The Morgan fingerprint density at radius 1 is 0.694 bits per heavy atom. The van der Waals surface area contributed by atoms with E-state index in [2.05, 4.69) is 38.8 Å². The standard InChI is InChI=1S/C29H28N4O3/c1-3-22(28-30-11-12-31-28)17-25(4-1)35-16-2-15-34-24-9-7-20(8-10-24)26-18-21-5-6-23(19-27(21)36-26)29-32-13-14-33-29/h1,3-10,17-19H,2,11-16H2,(H,30,31)(H,32,33). The number of aliphatic imine (C=N–C) groups is 2. The SMILES string of the molecule is c1cc(OCCCOc2ccc(-c3cc4ccc(C5=NCCN5)cc4o3)cc2)cc(C2=NCCN2)c1. The van der Waals surface area contributed by atoms with E-state index in [-0.39, 0.29) is 0 Å². The zero-order chi connectivity index (χ0) is 24.2. The molecule has 0 amide bonds. The maximum Gasteiger partial charge on any atom is 0.135 e. The van der Waals surface area contributed by atoms with Gasteiger partial charge in [0.05, 0.1) is 26.3 Å². The Labute approximate surface area is 209 Å². The maximum atomic E-state index is 6.14. The second-order valence-corrected chi connectivity index (χ2v) is 8.78. The summed E-state index contributed by atoms with van der Waals surface area (Å²) in [6.45, 7) is 4.60. The molecule has 0 bridgehead atoms. The summed E-state index contributed by atoms with van der Waals surface area (Å²) in [4.78, 5) is 8.95. The van der Waals surface area contributed by atoms with Crippen LogP contribution in [0.25, 0.3) is 22.3 Å². The van der Waals surface area contributed by atoms with E-state index in [9.17, 15) is 0 Å². The van der Waals surface area contributed by atoms with Crippen molar-refractivity contribution in [3.8, 4) is 22.8 Å². The average Bonchev–Trinajstić information content (AvgIpc) is 3.70. The Balaban J connectivity index is 1.01. The predicted molar refractivity (Wildman–Crippen MR) is 143 cm³/mol. The number of fused-ring (bicyclic) bond motifs is 1. The second kappa shape index (κ2) is 10.2. The third kappa shape index (κ3) is 4.91. The molecule has 0 radical (unpaired) electrons. The molecule has 2 aliphatic rings. The smallest absolute Gasteiger partial charge is 0.135 e. The highest BCUT2D eigenvalue weighted by Crippen LogP contribution is 2.30. The number of rotatable bonds is 9. The van der Waals surface area contributed by atoms with E-state index < -0.39 is 0 Å². The van der Waals surface area contributed by atoms with E-state index >= 15 is 0 Å². The number of benzene rings is 3. The highest BCUT2D eigenvalue weighted by molar-refractivity contribution is 6.02. The van der Waals surface area contributed by atoms with Crippen LogP contribution in [0.5, 0.6) is 11.5 Å². The van der Waals surface area contributed by atoms with Crippen molar-refractivity contribution in [2.75, 3.05) is 39.4 Å². The molecule has 3 aromatic carbocycles. The molecule has 0 unspecified atom stereocenters. The normalized spacial score (nSPS) is 14.8. The van der Waals surface area contributed by atoms with Gasteiger partial charge < -0.3 is 24.5 Å². The Kier molecular flexibility index (Phi) is 6.27. The minimum Gasteiger partial charge on any atom is -0.493 e. The number of amidine groups is 2. The highest BCUT2D eigenvalue weighted by Gasteiger charge is 2.12. The van der Waals surface area contributed by atoms with Gasteiger partial charge in [0, 0.05) is 41.6 Å². The molecule has 0 spiro atoms. The minimum absolute atomic E-state index is 0.582. The van der Waals surface area contributed by atoms with E-state index in [1.54, 1.807) is 0 Å². The zero-order valence-corrected chi connectivity index (χ0v) is 20.0. The van der Waals surface area contributed by atoms with Crippen molar-refractivity contribution < 1.29 is 13.9 Å². The molecule has 0 aliphatic carbocycles. The van der Waals surface area contributed by atoms with Crippen molar-refractivity contribution in [2.45, 2.75) is 6.42 Å². The average molecular weight is 481 g/mol. The van der Waals surface area contributed by atoms with Gasteiger partial charge in [-0.15, -0.1) is 0 Å². The second-order valence-electron chi connectivity index (χ2n) is 8.78. The zero-order valence-electron chi connectivity index (χ0n) is 20.0. The molecule has 1 aromatic heterocycles. The Morgan fingerprint density at radius 3 is 2.11 bits per heavy atom. The molecule has 0 fully saturated rings. The molecule has 7 heteroatoms. The Bertz CT molecular complexity index is 1420. The third-order valence-corrected chi connectivity index (χ3v) is 6.21. The summed E-state index contributed by atoms with van der Waals surface area (Å²) in [5.41, 5.74) is 3.99. The molecule has 36 heavy (non-hydrogen) atoms. The topological polar surface area (TPSA) is 80.4 Å². The molecule has 0 saturated heterocycles. The summed E-state index contributed by atoms with van der Waals surface area (Å²) in [6, 6.07) is 24.3. The molecule has 7 nitrogen and oxygen atoms in total. The van der Waals surface area contributed by atoms with Crippen molar-refractivity contribution in [1.82, 2.24) is 10.6 Å². The number of furan rings is 1. The van der Waals surface area contributed by atoms with Gasteiger partial charge in [-0.25, -0.2) is 0 Å². The first-order valence-corrected chi connectivity index (χ1v) is 12.4. The van der Waals surface area contributed by atoms with Crippen molar-refractivity contribution in [1.29, 1.82) is 0 Å². The van der Waals surface area contributed by atoms with Crippen LogP contribution in [-0.2, 0) is 0 Å². The molecule has 2 aliphatic heterocycles. The first kappa shape index (κ1) is 22.2. The Morgan fingerprint density at radius 2 is 1.39 bits per heavy atom. The van der Waals surface area contributed by atoms with Gasteiger partial charge in [-0.2, -0.15) is 0 Å². The first-order valence-electron chi connectivity index (χ1n) is 12.4. The lowest BCUT2D eigenvalue weighted by atomic mass is 10.1. The van der Waals surface area contributed by atoms with Crippen LogP contribution in [0.4, 0.5) is 0 Å². The van der Waals surface area contributed by atoms with Crippen LogP contribution in [0.15, 0.2) is 87.2 Å². The lowest BCUT2D eigenvalue weighted by molar-refractivity contribution is 0.247. The maximum absolute atomic E-state index is 6.14. The predicted octanol–water partition coefficient (Wildman–Crippen LogP) is 4.65. The number of nitrogens with zero attached hydrogens (tertiary/aromatic N) is 2. The number of nitrogens with one attached hydrogen (secondary N) is 2. The van der Waals surface area contributed by atoms with E-state index in [4.69, 9.17) is 13.9 Å². The highest BCUT2D eigenvalue weighted by atomic mass is 16.5. The molecule has 0 atom stereocenters. The van der Waals surface area contributed by atoms with Gasteiger partial charge in [-0.3, -0.25) is 9.98 Å². The van der Waals surface area contributed by atoms with Crippen molar-refractivity contribution in [3.05, 3.63) is 83.9 Å². The third-order valence-electron chi connectivity index (χ3n) is 6.21. The minimum atomic E-state index is 0.582. The molecular formula is C29H28N4O3. The summed E-state index contributed by atoms with van der Waals surface area (Å²) in [6.07, 6.45) is 0.789. The van der Waals surface area contributed by atoms with Gasteiger partial charge in [0.15, 0.2) is 0 Å². The molecule has 182 valence electrons. The fraction of sp³-hybridized carbons (Fsp3) is 0.241. The van der Waals surface area contributed by atoms with Gasteiger partial charge in [-0.1, -0.05) is 24.3 Å². The van der Waals surface area contributed by atoms with E-state index in [0.29, 0.717) is 13.2 Å². The van der Waals surface area contributed by atoms with Crippen molar-refractivity contribution in [2.24, 2.45) is 9.98 Å². The number of ether oxygens (including phenoxy) is 2. The molecule has 2 N–H and O–H groups in total. The van der Waals surface area contributed by atoms with Crippen LogP contribution >= 0.6 is 0 Å². The lowest BCUT2D eigenvalue weighted by Crippen LogP contribution is -2.19. The van der Waals surface area contributed by atoms with Crippen molar-refractivity contribution in [3.63, 3.8) is 0 Å². The number of hydrogen-bond acceptors (Lipinski definition) is 7. The summed E-state index contributed by atoms with van der Waals surface area (Å²) in [7, 11) is 0. The Hall–Kier alpha value is -4.26. The summed E-state index contributed by atoms with van der Waals surface area (Å²) in [5.74, 6) is 4.39.